The van der Waals surface area contributed by atoms with Gasteiger partial charge in [-0.3, -0.25) is 10.1 Å². The zero-order chi connectivity index (χ0) is 29.9. The molecule has 0 aliphatic heterocycles. The summed E-state index contributed by atoms with van der Waals surface area (Å²) in [5.74, 6) is -2.23. The van der Waals surface area contributed by atoms with E-state index < -0.39 is 64.5 Å². The molecule has 0 unspecified atom stereocenters. The number of benzene rings is 2. The predicted molar refractivity (Wildman–Crippen MR) is 117 cm³/mol. The number of nitrogens with zero attached hydrogens (tertiary/aromatic N) is 5. The highest BCUT2D eigenvalue weighted by molar-refractivity contribution is 5.84. The van der Waals surface area contributed by atoms with Crippen LogP contribution in [0, 0.1) is 10.1 Å². The van der Waals surface area contributed by atoms with Crippen molar-refractivity contribution in [2.45, 2.75) is 24.6 Å². The van der Waals surface area contributed by atoms with E-state index in [9.17, 15) is 54.7 Å². The average Bonchev–Trinajstić information content (AvgIpc) is 2.82. The molecule has 1 aromatic heterocycles. The van der Waals surface area contributed by atoms with Crippen LogP contribution >= 0.6 is 0 Å². The van der Waals surface area contributed by atoms with Crippen LogP contribution in [0.4, 0.5) is 62.8 Å². The fourth-order valence-electron chi connectivity index (χ4n) is 2.76. The molecule has 3 aromatic rings. The van der Waals surface area contributed by atoms with E-state index in [1.165, 1.54) is 0 Å². The van der Waals surface area contributed by atoms with Gasteiger partial charge < -0.3 is 15.2 Å². The molecule has 2 aromatic carbocycles. The van der Waals surface area contributed by atoms with E-state index >= 15 is 0 Å². The van der Waals surface area contributed by atoms with E-state index in [-0.39, 0.29) is 11.3 Å². The fraction of sp³-hybridized carbons (Fsp3) is 0.200. The van der Waals surface area contributed by atoms with Crippen LogP contribution < -0.4 is 15.5 Å². The number of alkyl halides is 9. The zero-order valence-electron chi connectivity index (χ0n) is 19.0. The summed E-state index contributed by atoms with van der Waals surface area (Å²) in [5.41, 5.74) is -0.250. The van der Waals surface area contributed by atoms with Crippen molar-refractivity contribution in [3.05, 3.63) is 63.7 Å². The molecule has 3 rings (SSSR count). The summed E-state index contributed by atoms with van der Waals surface area (Å²) in [6.07, 6.45) is -20.4. The number of phenols is 1. The summed E-state index contributed by atoms with van der Waals surface area (Å²) >= 11 is 0. The Morgan fingerprint density at radius 1 is 0.950 bits per heavy atom. The van der Waals surface area contributed by atoms with Gasteiger partial charge in [-0.15, -0.1) is 0 Å². The molecule has 0 radical (unpaired) electrons. The molecule has 40 heavy (non-hydrogen) atoms. The number of halogens is 9. The number of hydrogen-bond acceptors (Lipinski definition) is 10. The standard InChI is InChI=1S/C20H12F9N7O4/c21-18(22,23)10-2-1-3-11(7-10)31-15-32-16(34-17(33-15)40-14(19(24,25)26)20(27,28)29)35-30-8-9-6-12(36(38)39)4-5-13(9)37/h1-8,14,37H,(H2,31,32,33,34,35). The average molecular weight is 585 g/mol. The molecule has 0 fully saturated rings. The van der Waals surface area contributed by atoms with Gasteiger partial charge in [-0.05, 0) is 24.3 Å². The zero-order valence-corrected chi connectivity index (χ0v) is 19.0. The van der Waals surface area contributed by atoms with E-state index in [4.69, 9.17) is 0 Å². The maximum Gasteiger partial charge on any atom is 0.434 e. The Labute approximate surface area is 215 Å². The number of hydrazone groups is 1. The number of rotatable bonds is 8. The van der Waals surface area contributed by atoms with Gasteiger partial charge >= 0.3 is 24.5 Å². The number of aromatic hydroxyl groups is 1. The van der Waals surface area contributed by atoms with Crippen LogP contribution in [0.1, 0.15) is 11.1 Å². The molecule has 11 nitrogen and oxygen atoms in total. The van der Waals surface area contributed by atoms with Gasteiger partial charge in [-0.25, -0.2) is 5.43 Å². The molecule has 0 atom stereocenters. The van der Waals surface area contributed by atoms with Crippen molar-refractivity contribution in [3.8, 4) is 11.8 Å². The van der Waals surface area contributed by atoms with E-state index in [0.29, 0.717) is 12.1 Å². The third-order valence-corrected chi connectivity index (χ3v) is 4.47. The first kappa shape index (κ1) is 29.6. The maximum absolute atomic E-state index is 13.0. The first-order valence-electron chi connectivity index (χ1n) is 10.2. The SMILES string of the molecule is O=[N+]([O-])c1ccc(O)c(C=NNc2nc(Nc3cccc(C(F)(F)F)c3)nc(OC(C(F)(F)F)C(F)(F)F)n2)c1. The van der Waals surface area contributed by atoms with Crippen molar-refractivity contribution in [2.24, 2.45) is 5.10 Å². The number of nitrogens with one attached hydrogen (secondary N) is 2. The van der Waals surface area contributed by atoms with Crippen LogP contribution in [0.2, 0.25) is 0 Å². The van der Waals surface area contributed by atoms with Crippen molar-refractivity contribution < 1.29 is 54.3 Å². The summed E-state index contributed by atoms with van der Waals surface area (Å²) in [6.45, 7) is 0. The van der Waals surface area contributed by atoms with E-state index in [1.807, 2.05) is 5.43 Å². The lowest BCUT2D eigenvalue weighted by Gasteiger charge is -2.22. The van der Waals surface area contributed by atoms with Crippen molar-refractivity contribution in [2.75, 3.05) is 10.7 Å². The smallest absolute Gasteiger partial charge is 0.434 e. The summed E-state index contributed by atoms with van der Waals surface area (Å²) in [7, 11) is 0. The topological polar surface area (TPSA) is 148 Å². The molecule has 1 heterocycles. The van der Waals surface area contributed by atoms with Crippen molar-refractivity contribution in [1.29, 1.82) is 0 Å². The molecule has 0 bridgehead atoms. The van der Waals surface area contributed by atoms with Gasteiger partial charge in [-0.2, -0.15) is 59.6 Å². The second-order valence-corrected chi connectivity index (χ2v) is 7.42. The number of nitro benzene ring substituents is 1. The van der Waals surface area contributed by atoms with E-state index in [2.05, 4.69) is 30.1 Å². The highest BCUT2D eigenvalue weighted by atomic mass is 19.4. The van der Waals surface area contributed by atoms with Crippen LogP contribution in [0.3, 0.4) is 0 Å². The van der Waals surface area contributed by atoms with E-state index in [0.717, 1.165) is 36.5 Å². The lowest BCUT2D eigenvalue weighted by molar-refractivity contribution is -0.384. The van der Waals surface area contributed by atoms with Gasteiger partial charge in [0.15, 0.2) is 0 Å². The summed E-state index contributed by atoms with van der Waals surface area (Å²) in [6, 6.07) is 4.47. The molecule has 3 N–H and O–H groups in total. The lowest BCUT2D eigenvalue weighted by atomic mass is 10.2. The molecule has 0 aliphatic rings. The highest BCUT2D eigenvalue weighted by Crippen LogP contribution is 2.36. The number of anilines is 3. The number of nitro groups is 1. The Morgan fingerprint density at radius 3 is 2.20 bits per heavy atom. The van der Waals surface area contributed by atoms with Gasteiger partial charge in [0.2, 0.25) is 5.95 Å². The van der Waals surface area contributed by atoms with E-state index in [1.54, 1.807) is 0 Å². The van der Waals surface area contributed by atoms with Gasteiger partial charge in [0, 0.05) is 23.4 Å². The molecule has 0 spiro atoms. The number of phenolic OH excluding ortho intramolecular Hbond substituents is 1. The summed E-state index contributed by atoms with van der Waals surface area (Å²) in [4.78, 5) is 20.2. The van der Waals surface area contributed by atoms with Gasteiger partial charge in [0.25, 0.3) is 17.7 Å². The molecule has 214 valence electrons. The van der Waals surface area contributed by atoms with Gasteiger partial charge in [0.05, 0.1) is 16.7 Å². The van der Waals surface area contributed by atoms with Crippen LogP contribution in [-0.4, -0.2) is 49.7 Å². The number of aromatic nitrogens is 3. The second-order valence-electron chi connectivity index (χ2n) is 7.42. The third-order valence-electron chi connectivity index (χ3n) is 4.47. The molecule has 0 aliphatic carbocycles. The quantitative estimate of drug-likeness (QED) is 0.134. The summed E-state index contributed by atoms with van der Waals surface area (Å²) < 4.78 is 121. The first-order valence-corrected chi connectivity index (χ1v) is 10.2. The second kappa shape index (κ2) is 11.1. The predicted octanol–water partition coefficient (Wildman–Crippen LogP) is 5.57. The first-order chi connectivity index (χ1) is 18.4. The van der Waals surface area contributed by atoms with Gasteiger partial charge in [-0.1, -0.05) is 6.07 Å². The van der Waals surface area contributed by atoms with Crippen LogP contribution in [-0.2, 0) is 6.18 Å². The molecular weight excluding hydrogens is 573 g/mol. The number of hydrogen-bond donors (Lipinski definition) is 3. The fourth-order valence-corrected chi connectivity index (χ4v) is 2.76. The van der Waals surface area contributed by atoms with Crippen molar-refractivity contribution in [3.63, 3.8) is 0 Å². The minimum Gasteiger partial charge on any atom is -0.507 e. The Kier molecular flexibility index (Phi) is 8.20. The lowest BCUT2D eigenvalue weighted by Crippen LogP contribution is -2.46. The van der Waals surface area contributed by atoms with Crippen LogP contribution in [0.5, 0.6) is 11.8 Å². The number of ether oxygens (including phenoxy) is 1. The molecule has 0 amide bonds. The van der Waals surface area contributed by atoms with Gasteiger partial charge in [0.1, 0.15) is 5.75 Å². The van der Waals surface area contributed by atoms with Crippen LogP contribution in [0.15, 0.2) is 47.6 Å². The van der Waals surface area contributed by atoms with Crippen molar-refractivity contribution >= 4 is 29.5 Å². The molecular formula is C20H12F9N7O4. The Balaban J connectivity index is 1.98. The Bertz CT molecular complexity index is 1400. The number of non-ortho nitro benzene ring substituents is 1. The third kappa shape index (κ3) is 7.80. The maximum atomic E-state index is 13.0. The van der Waals surface area contributed by atoms with Crippen molar-refractivity contribution in [1.82, 2.24) is 15.0 Å². The minimum absolute atomic E-state index is 0.247. The Morgan fingerprint density at radius 2 is 1.60 bits per heavy atom. The highest BCUT2D eigenvalue weighted by Gasteiger charge is 2.59. The molecule has 20 heteroatoms. The van der Waals surface area contributed by atoms with Crippen LogP contribution in [0.25, 0.3) is 0 Å². The minimum atomic E-state index is -5.97. The normalized spacial score (nSPS) is 12.6. The summed E-state index contributed by atoms with van der Waals surface area (Å²) in [5, 5.41) is 26.3. The Hall–Kier alpha value is -4.91. The monoisotopic (exact) mass is 585 g/mol. The largest absolute Gasteiger partial charge is 0.507 e. The molecule has 0 saturated heterocycles. The molecule has 0 saturated carbocycles.